The molecule has 1 fully saturated rings. The van der Waals surface area contributed by atoms with Crippen LogP contribution in [0.5, 0.6) is 0 Å². The van der Waals surface area contributed by atoms with E-state index in [1.54, 1.807) is 0 Å². The zero-order valence-corrected chi connectivity index (χ0v) is 11.4. The molecule has 0 bridgehead atoms. The van der Waals surface area contributed by atoms with Crippen molar-refractivity contribution in [2.75, 3.05) is 0 Å². The Kier molecular flexibility index (Phi) is 4.55. The molecule has 1 nitrogen and oxygen atoms in total. The summed E-state index contributed by atoms with van der Waals surface area (Å²) in [5.74, 6) is 0.533. The third-order valence-corrected chi connectivity index (χ3v) is 4.07. The fourth-order valence-corrected chi connectivity index (χ4v) is 3.19. The van der Waals surface area contributed by atoms with Gasteiger partial charge in [0.05, 0.1) is 4.48 Å². The number of benzene rings is 1. The minimum Gasteiger partial charge on any atom is -0.297 e. The van der Waals surface area contributed by atoms with Crippen molar-refractivity contribution in [3.8, 4) is 0 Å². The summed E-state index contributed by atoms with van der Waals surface area (Å²) in [5, 5.41) is 0. The lowest BCUT2D eigenvalue weighted by Gasteiger charge is -2.25. The predicted molar refractivity (Wildman–Crippen MR) is 74.9 cm³/mol. The Morgan fingerprint density at radius 3 is 2.35 bits per heavy atom. The summed E-state index contributed by atoms with van der Waals surface area (Å²) in [6.07, 6.45) is 7.22. The maximum absolute atomic E-state index is 11.1. The number of halogens is 1. The second-order valence-corrected chi connectivity index (χ2v) is 5.43. The summed E-state index contributed by atoms with van der Waals surface area (Å²) in [6, 6.07) is 10.3. The van der Waals surface area contributed by atoms with Crippen LogP contribution in [0.4, 0.5) is 0 Å². The highest BCUT2D eigenvalue weighted by atomic mass is 79.9. The Hall–Kier alpha value is -0.890. The monoisotopic (exact) mass is 292 g/mol. The number of allylic oxidation sites excluding steroid dienone is 2. The number of carbonyl (C=O) groups excluding carboxylic acids is 1. The minimum atomic E-state index is 0.533. The molecule has 0 unspecified atom stereocenters. The van der Waals surface area contributed by atoms with Gasteiger partial charge < -0.3 is 0 Å². The normalized spacial score (nSPS) is 18.6. The molecule has 0 radical (unpaired) electrons. The Morgan fingerprint density at radius 1 is 1.12 bits per heavy atom. The summed E-state index contributed by atoms with van der Waals surface area (Å²) < 4.78 is 0.718. The lowest BCUT2D eigenvalue weighted by Crippen LogP contribution is -2.10. The summed E-state index contributed by atoms with van der Waals surface area (Å²) >= 11 is 3.43. The molecular formula is C15H17BrO. The van der Waals surface area contributed by atoms with E-state index in [9.17, 15) is 4.79 Å². The van der Waals surface area contributed by atoms with Crippen LogP contribution in [0.25, 0.3) is 5.57 Å². The molecule has 90 valence electrons. The molecule has 0 N–H and O–H groups in total. The molecule has 0 atom stereocenters. The molecule has 1 aliphatic rings. The van der Waals surface area contributed by atoms with Crippen LogP contribution in [0.1, 0.15) is 37.7 Å². The average molecular weight is 293 g/mol. The van der Waals surface area contributed by atoms with Crippen LogP contribution in [-0.2, 0) is 4.79 Å². The molecule has 1 aliphatic carbocycles. The predicted octanol–water partition coefficient (Wildman–Crippen LogP) is 4.57. The number of rotatable bonds is 3. The molecule has 0 spiro atoms. The van der Waals surface area contributed by atoms with Gasteiger partial charge in [-0.1, -0.05) is 49.6 Å². The topological polar surface area (TPSA) is 17.1 Å². The number of aldehydes is 1. The van der Waals surface area contributed by atoms with Crippen LogP contribution < -0.4 is 0 Å². The standard InChI is InChI=1S/C15H17BrO/c16-14(11-17)15(12-7-3-1-4-8-12)13-9-5-2-6-10-13/h1,3-4,7-8,11,13H,2,5-6,9-10H2. The average Bonchev–Trinajstić information content (AvgIpc) is 2.41. The number of hydrogen-bond donors (Lipinski definition) is 0. The molecular weight excluding hydrogens is 276 g/mol. The van der Waals surface area contributed by atoms with Crippen molar-refractivity contribution in [3.05, 3.63) is 40.4 Å². The fraction of sp³-hybridized carbons (Fsp3) is 0.400. The highest BCUT2D eigenvalue weighted by Crippen LogP contribution is 2.38. The van der Waals surface area contributed by atoms with Crippen LogP contribution >= 0.6 is 15.9 Å². The summed E-state index contributed by atoms with van der Waals surface area (Å²) in [6.45, 7) is 0. The molecule has 1 saturated carbocycles. The first-order chi connectivity index (χ1) is 8.33. The molecule has 1 aromatic carbocycles. The first kappa shape index (κ1) is 12.6. The van der Waals surface area contributed by atoms with Crippen molar-refractivity contribution in [3.63, 3.8) is 0 Å². The van der Waals surface area contributed by atoms with Crippen molar-refractivity contribution in [2.45, 2.75) is 32.1 Å². The van der Waals surface area contributed by atoms with Crippen LogP contribution in [0.2, 0.25) is 0 Å². The second kappa shape index (κ2) is 6.15. The lowest BCUT2D eigenvalue weighted by molar-refractivity contribution is -0.104. The highest BCUT2D eigenvalue weighted by Gasteiger charge is 2.21. The van der Waals surface area contributed by atoms with E-state index in [0.29, 0.717) is 5.92 Å². The Morgan fingerprint density at radius 2 is 1.76 bits per heavy atom. The van der Waals surface area contributed by atoms with Crippen molar-refractivity contribution >= 4 is 27.8 Å². The van der Waals surface area contributed by atoms with E-state index in [2.05, 4.69) is 28.1 Å². The zero-order valence-electron chi connectivity index (χ0n) is 9.86. The lowest BCUT2D eigenvalue weighted by atomic mass is 9.81. The van der Waals surface area contributed by atoms with Gasteiger partial charge >= 0.3 is 0 Å². The van der Waals surface area contributed by atoms with Gasteiger partial charge in [0.1, 0.15) is 0 Å². The fourth-order valence-electron chi connectivity index (χ4n) is 2.64. The molecule has 0 aliphatic heterocycles. The van der Waals surface area contributed by atoms with Crippen LogP contribution in [0.15, 0.2) is 34.8 Å². The molecule has 17 heavy (non-hydrogen) atoms. The Labute approximate surface area is 111 Å². The maximum atomic E-state index is 11.1. The van der Waals surface area contributed by atoms with Gasteiger partial charge in [0.25, 0.3) is 0 Å². The summed E-state index contributed by atoms with van der Waals surface area (Å²) in [4.78, 5) is 11.1. The molecule has 2 rings (SSSR count). The van der Waals surface area contributed by atoms with Gasteiger partial charge in [-0.3, -0.25) is 4.79 Å². The van der Waals surface area contributed by atoms with Gasteiger partial charge in [0.15, 0.2) is 6.29 Å². The van der Waals surface area contributed by atoms with Crippen molar-refractivity contribution in [2.24, 2.45) is 5.92 Å². The van der Waals surface area contributed by atoms with Crippen LogP contribution in [-0.4, -0.2) is 6.29 Å². The minimum absolute atomic E-state index is 0.533. The molecule has 2 heteroatoms. The maximum Gasteiger partial charge on any atom is 0.157 e. The zero-order chi connectivity index (χ0) is 12.1. The highest BCUT2D eigenvalue weighted by molar-refractivity contribution is 9.12. The van der Waals surface area contributed by atoms with E-state index in [1.165, 1.54) is 43.2 Å². The Balaban J connectivity index is 2.35. The smallest absolute Gasteiger partial charge is 0.157 e. The van der Waals surface area contributed by atoms with Gasteiger partial charge in [-0.15, -0.1) is 0 Å². The number of hydrogen-bond acceptors (Lipinski definition) is 1. The molecule has 0 heterocycles. The van der Waals surface area contributed by atoms with E-state index in [1.807, 2.05) is 18.2 Å². The SMILES string of the molecule is O=CC(Br)=C(c1ccccc1)C1CCCCC1. The number of carbonyl (C=O) groups is 1. The van der Waals surface area contributed by atoms with E-state index < -0.39 is 0 Å². The van der Waals surface area contributed by atoms with Gasteiger partial charge in [-0.2, -0.15) is 0 Å². The summed E-state index contributed by atoms with van der Waals surface area (Å²) in [7, 11) is 0. The molecule has 0 aromatic heterocycles. The van der Waals surface area contributed by atoms with Gasteiger partial charge in [0, 0.05) is 0 Å². The third kappa shape index (κ3) is 3.06. The van der Waals surface area contributed by atoms with E-state index in [0.717, 1.165) is 10.8 Å². The van der Waals surface area contributed by atoms with Gasteiger partial charge in [0.2, 0.25) is 0 Å². The molecule has 1 aromatic rings. The van der Waals surface area contributed by atoms with Crippen molar-refractivity contribution < 1.29 is 4.79 Å². The van der Waals surface area contributed by atoms with Gasteiger partial charge in [-0.25, -0.2) is 0 Å². The quantitative estimate of drug-likeness (QED) is 0.589. The van der Waals surface area contributed by atoms with Crippen LogP contribution in [0, 0.1) is 5.92 Å². The third-order valence-electron chi connectivity index (χ3n) is 3.46. The van der Waals surface area contributed by atoms with E-state index in [4.69, 9.17) is 0 Å². The molecule has 0 amide bonds. The van der Waals surface area contributed by atoms with E-state index in [-0.39, 0.29) is 0 Å². The van der Waals surface area contributed by atoms with Crippen molar-refractivity contribution in [1.82, 2.24) is 0 Å². The summed E-state index contributed by atoms with van der Waals surface area (Å²) in [5.41, 5.74) is 2.37. The van der Waals surface area contributed by atoms with Crippen molar-refractivity contribution in [1.29, 1.82) is 0 Å². The Bertz CT molecular complexity index is 402. The second-order valence-electron chi connectivity index (χ2n) is 4.58. The molecule has 0 saturated heterocycles. The van der Waals surface area contributed by atoms with Crippen LogP contribution in [0.3, 0.4) is 0 Å². The van der Waals surface area contributed by atoms with E-state index >= 15 is 0 Å². The van der Waals surface area contributed by atoms with Gasteiger partial charge in [-0.05, 0) is 45.8 Å². The first-order valence-corrected chi connectivity index (χ1v) is 7.02. The largest absolute Gasteiger partial charge is 0.297 e. The first-order valence-electron chi connectivity index (χ1n) is 6.23.